The van der Waals surface area contributed by atoms with Gasteiger partial charge in [0, 0.05) is 11.3 Å². The molecule has 0 atom stereocenters. The summed E-state index contributed by atoms with van der Waals surface area (Å²) in [4.78, 5) is 5.06. The van der Waals surface area contributed by atoms with E-state index < -0.39 is 0 Å². The molecule has 0 fully saturated rings. The Bertz CT molecular complexity index is 3080. The van der Waals surface area contributed by atoms with Crippen LogP contribution in [0.1, 0.15) is 0 Å². The van der Waals surface area contributed by atoms with Crippen LogP contribution < -0.4 is 0 Å². The summed E-state index contributed by atoms with van der Waals surface area (Å²) >= 11 is 0. The van der Waals surface area contributed by atoms with E-state index in [1.54, 1.807) is 0 Å². The Labute approximate surface area is 282 Å². The first-order chi connectivity index (χ1) is 24.3. The zero-order valence-corrected chi connectivity index (χ0v) is 26.6. The minimum atomic E-state index is 0.946. The van der Waals surface area contributed by atoms with Gasteiger partial charge in [-0.05, 0) is 106 Å². The number of benzene rings is 9. The van der Waals surface area contributed by atoms with Crippen molar-refractivity contribution in [1.82, 2.24) is 9.55 Å². The first kappa shape index (κ1) is 26.5. The van der Waals surface area contributed by atoms with Crippen LogP contribution in [0.4, 0.5) is 0 Å². The highest BCUT2D eigenvalue weighted by molar-refractivity contribution is 6.37. The van der Waals surface area contributed by atoms with Gasteiger partial charge in [-0.25, -0.2) is 4.98 Å². The molecule has 0 saturated heterocycles. The minimum Gasteiger partial charge on any atom is -0.292 e. The van der Waals surface area contributed by atoms with Gasteiger partial charge in [0.2, 0.25) is 0 Å². The van der Waals surface area contributed by atoms with Crippen LogP contribution in [0.3, 0.4) is 0 Å². The average Bonchev–Trinajstić information content (AvgIpc) is 3.56. The van der Waals surface area contributed by atoms with Crippen molar-refractivity contribution in [3.63, 3.8) is 0 Å². The Hall–Kier alpha value is -6.51. The number of fused-ring (bicyclic) bond motifs is 3. The van der Waals surface area contributed by atoms with E-state index in [-0.39, 0.29) is 0 Å². The molecule has 1 aromatic heterocycles. The van der Waals surface area contributed by atoms with E-state index >= 15 is 0 Å². The SMILES string of the molecule is c1ccc(-c2nc3ccccc3n2-c2ccc(-c3cc4cccc5c6cccc7ccc8cccc(c9cccc3c9c45)c8c76)cc2)cc1. The molecular weight excluding hydrogens is 593 g/mol. The van der Waals surface area contributed by atoms with E-state index in [1.165, 1.54) is 75.8 Å². The van der Waals surface area contributed by atoms with Crippen LogP contribution in [-0.2, 0) is 0 Å². The highest BCUT2D eigenvalue weighted by Crippen LogP contribution is 2.45. The zero-order chi connectivity index (χ0) is 32.1. The Kier molecular flexibility index (Phi) is 5.42. The van der Waals surface area contributed by atoms with E-state index in [9.17, 15) is 0 Å². The summed E-state index contributed by atoms with van der Waals surface area (Å²) in [6, 6.07) is 62.1. The molecule has 0 unspecified atom stereocenters. The lowest BCUT2D eigenvalue weighted by molar-refractivity contribution is 1.10. The molecule has 0 radical (unpaired) electrons. The van der Waals surface area contributed by atoms with E-state index in [1.807, 2.05) is 0 Å². The maximum absolute atomic E-state index is 5.06. The van der Waals surface area contributed by atoms with Gasteiger partial charge >= 0.3 is 0 Å². The van der Waals surface area contributed by atoms with Crippen LogP contribution in [0.25, 0.3) is 104 Å². The Morgan fingerprint density at radius 1 is 0.367 bits per heavy atom. The van der Waals surface area contributed by atoms with Crippen molar-refractivity contribution in [1.29, 1.82) is 0 Å². The summed E-state index contributed by atoms with van der Waals surface area (Å²) in [6.45, 7) is 0. The summed E-state index contributed by atoms with van der Waals surface area (Å²) in [5.41, 5.74) is 6.72. The van der Waals surface area contributed by atoms with Crippen molar-refractivity contribution in [2.75, 3.05) is 0 Å². The molecule has 11 rings (SSSR count). The van der Waals surface area contributed by atoms with Gasteiger partial charge in [-0.3, -0.25) is 4.57 Å². The molecule has 11 aromatic rings. The molecule has 10 aromatic carbocycles. The van der Waals surface area contributed by atoms with E-state index in [2.05, 4.69) is 174 Å². The lowest BCUT2D eigenvalue weighted by atomic mass is 9.85. The maximum Gasteiger partial charge on any atom is 0.145 e. The quantitative estimate of drug-likeness (QED) is 0.180. The van der Waals surface area contributed by atoms with Crippen molar-refractivity contribution < 1.29 is 0 Å². The second-order valence-electron chi connectivity index (χ2n) is 13.1. The van der Waals surface area contributed by atoms with Crippen LogP contribution in [-0.4, -0.2) is 9.55 Å². The number of nitrogens with zero attached hydrogens (tertiary/aromatic N) is 2. The smallest absolute Gasteiger partial charge is 0.145 e. The largest absolute Gasteiger partial charge is 0.292 e. The fourth-order valence-corrected chi connectivity index (χ4v) is 8.40. The second kappa shape index (κ2) is 10.00. The predicted molar refractivity (Wildman–Crippen MR) is 208 cm³/mol. The average molecular weight is 621 g/mol. The van der Waals surface area contributed by atoms with Crippen molar-refractivity contribution in [3.05, 3.63) is 170 Å². The summed E-state index contributed by atoms with van der Waals surface area (Å²) in [6.07, 6.45) is 0. The summed E-state index contributed by atoms with van der Waals surface area (Å²) in [7, 11) is 0. The fraction of sp³-hybridized carbons (Fsp3) is 0. The molecule has 0 aliphatic heterocycles. The summed E-state index contributed by atoms with van der Waals surface area (Å²) in [5.74, 6) is 0.946. The van der Waals surface area contributed by atoms with E-state index in [0.717, 1.165) is 28.1 Å². The Balaban J connectivity index is 1.21. The molecule has 226 valence electrons. The van der Waals surface area contributed by atoms with Gasteiger partial charge < -0.3 is 0 Å². The molecule has 0 amide bonds. The Morgan fingerprint density at radius 3 is 1.61 bits per heavy atom. The highest BCUT2D eigenvalue weighted by atomic mass is 15.1. The number of para-hydroxylation sites is 2. The van der Waals surface area contributed by atoms with Crippen LogP contribution in [0.2, 0.25) is 0 Å². The first-order valence-corrected chi connectivity index (χ1v) is 16.9. The van der Waals surface area contributed by atoms with Crippen molar-refractivity contribution in [3.8, 4) is 28.2 Å². The van der Waals surface area contributed by atoms with Crippen LogP contribution in [0.5, 0.6) is 0 Å². The molecule has 1 heterocycles. The highest BCUT2D eigenvalue weighted by Gasteiger charge is 2.18. The standard InChI is InChI=1S/C47H28N2/c1-2-10-32(11-3-1)47-48-41-20-4-5-21-42(41)49(47)34-26-24-29(25-27-34)40-28-33-14-8-17-36-35-15-6-12-30-22-23-31-13-7-16-37(44(31)43(30)35)38-18-9-19-39(40)46(38)45(33)36/h1-28H. The second-order valence-corrected chi connectivity index (χ2v) is 13.1. The van der Waals surface area contributed by atoms with E-state index in [4.69, 9.17) is 4.98 Å². The third-order valence-corrected chi connectivity index (χ3v) is 10.5. The first-order valence-electron chi connectivity index (χ1n) is 16.9. The number of rotatable bonds is 3. The molecule has 0 N–H and O–H groups in total. The number of aromatic nitrogens is 2. The third kappa shape index (κ3) is 3.74. The number of imidazole rings is 1. The number of hydrogen-bond acceptors (Lipinski definition) is 1. The predicted octanol–water partition coefficient (Wildman–Crippen LogP) is 12.7. The van der Waals surface area contributed by atoms with Crippen LogP contribution >= 0.6 is 0 Å². The summed E-state index contributed by atoms with van der Waals surface area (Å²) in [5, 5.41) is 15.6. The van der Waals surface area contributed by atoms with Gasteiger partial charge in [0.05, 0.1) is 11.0 Å². The van der Waals surface area contributed by atoms with Gasteiger partial charge in [-0.1, -0.05) is 140 Å². The molecule has 0 saturated carbocycles. The van der Waals surface area contributed by atoms with Crippen LogP contribution in [0, 0.1) is 0 Å². The monoisotopic (exact) mass is 620 g/mol. The molecule has 2 heteroatoms. The van der Waals surface area contributed by atoms with Crippen molar-refractivity contribution >= 4 is 75.7 Å². The van der Waals surface area contributed by atoms with Crippen molar-refractivity contribution in [2.24, 2.45) is 0 Å². The molecule has 0 aliphatic carbocycles. The van der Waals surface area contributed by atoms with Crippen molar-refractivity contribution in [2.45, 2.75) is 0 Å². The molecule has 49 heavy (non-hydrogen) atoms. The van der Waals surface area contributed by atoms with Crippen LogP contribution in [0.15, 0.2) is 170 Å². The lowest BCUT2D eigenvalue weighted by Crippen LogP contribution is -1.97. The minimum absolute atomic E-state index is 0.946. The Morgan fingerprint density at radius 2 is 0.918 bits per heavy atom. The lowest BCUT2D eigenvalue weighted by Gasteiger charge is -2.18. The molecule has 0 aliphatic rings. The van der Waals surface area contributed by atoms with Gasteiger partial charge in [-0.15, -0.1) is 0 Å². The van der Waals surface area contributed by atoms with Gasteiger partial charge in [-0.2, -0.15) is 0 Å². The zero-order valence-electron chi connectivity index (χ0n) is 26.6. The molecular formula is C47H28N2. The van der Waals surface area contributed by atoms with Gasteiger partial charge in [0.25, 0.3) is 0 Å². The fourth-order valence-electron chi connectivity index (χ4n) is 8.40. The topological polar surface area (TPSA) is 17.8 Å². The summed E-state index contributed by atoms with van der Waals surface area (Å²) < 4.78 is 2.28. The maximum atomic E-state index is 5.06. The molecule has 0 bridgehead atoms. The van der Waals surface area contributed by atoms with Gasteiger partial charge in [0.15, 0.2) is 0 Å². The normalized spacial score (nSPS) is 12.1. The number of hydrogen-bond donors (Lipinski definition) is 0. The molecule has 2 nitrogen and oxygen atoms in total. The van der Waals surface area contributed by atoms with Gasteiger partial charge in [0.1, 0.15) is 5.82 Å². The van der Waals surface area contributed by atoms with E-state index in [0.29, 0.717) is 0 Å². The third-order valence-electron chi connectivity index (χ3n) is 10.5. The molecule has 0 spiro atoms.